The first-order chi connectivity index (χ1) is 8.50. The van der Waals surface area contributed by atoms with E-state index in [0.29, 0.717) is 0 Å². The molecule has 0 aliphatic carbocycles. The summed E-state index contributed by atoms with van der Waals surface area (Å²) in [7, 11) is 0. The van der Waals surface area contributed by atoms with Crippen LogP contribution in [0.3, 0.4) is 0 Å². The minimum atomic E-state index is -0.862. The molecular weight excluding hydrogens is 252 g/mol. The first-order valence-electron chi connectivity index (χ1n) is 6.35. The number of carboxylic acids is 1. The molecule has 1 aliphatic heterocycles. The SMILES string of the molecule is CC(C)C(CNC(=O)NC1CCCSC1)C(=O)O. The van der Waals surface area contributed by atoms with Crippen LogP contribution < -0.4 is 10.6 Å². The second kappa shape index (κ2) is 7.51. The van der Waals surface area contributed by atoms with E-state index < -0.39 is 11.9 Å². The van der Waals surface area contributed by atoms with Gasteiger partial charge in [0.1, 0.15) is 0 Å². The molecule has 0 aromatic carbocycles. The summed E-state index contributed by atoms with van der Waals surface area (Å²) < 4.78 is 0. The zero-order valence-electron chi connectivity index (χ0n) is 10.9. The molecule has 2 amide bonds. The summed E-state index contributed by atoms with van der Waals surface area (Å²) >= 11 is 1.84. The molecule has 2 unspecified atom stereocenters. The molecular formula is C12H22N2O3S. The zero-order chi connectivity index (χ0) is 13.5. The largest absolute Gasteiger partial charge is 0.481 e. The van der Waals surface area contributed by atoms with Gasteiger partial charge in [0.2, 0.25) is 0 Å². The minimum Gasteiger partial charge on any atom is -0.481 e. The highest BCUT2D eigenvalue weighted by Crippen LogP contribution is 2.16. The number of urea groups is 1. The van der Waals surface area contributed by atoms with Gasteiger partial charge in [-0.15, -0.1) is 0 Å². The van der Waals surface area contributed by atoms with Crippen molar-refractivity contribution in [3.8, 4) is 0 Å². The van der Waals surface area contributed by atoms with Crippen LogP contribution >= 0.6 is 11.8 Å². The molecule has 1 rings (SSSR count). The van der Waals surface area contributed by atoms with E-state index in [1.165, 1.54) is 0 Å². The summed E-state index contributed by atoms with van der Waals surface area (Å²) in [5.74, 6) is 0.719. The number of hydrogen-bond donors (Lipinski definition) is 3. The van der Waals surface area contributed by atoms with Crippen molar-refractivity contribution in [3.63, 3.8) is 0 Å². The Morgan fingerprint density at radius 2 is 2.17 bits per heavy atom. The molecule has 0 aromatic heterocycles. The summed E-state index contributed by atoms with van der Waals surface area (Å²) in [5.41, 5.74) is 0. The van der Waals surface area contributed by atoms with E-state index in [1.807, 2.05) is 25.6 Å². The van der Waals surface area contributed by atoms with E-state index in [-0.39, 0.29) is 24.5 Å². The normalized spacial score (nSPS) is 21.4. The summed E-state index contributed by atoms with van der Waals surface area (Å²) in [6.07, 6.45) is 2.13. The maximum Gasteiger partial charge on any atom is 0.315 e. The van der Waals surface area contributed by atoms with Gasteiger partial charge < -0.3 is 15.7 Å². The molecule has 5 nitrogen and oxygen atoms in total. The van der Waals surface area contributed by atoms with Crippen molar-refractivity contribution in [1.29, 1.82) is 0 Å². The molecule has 2 atom stereocenters. The van der Waals surface area contributed by atoms with Gasteiger partial charge in [0.05, 0.1) is 5.92 Å². The molecule has 1 saturated heterocycles. The second-order valence-electron chi connectivity index (χ2n) is 4.96. The molecule has 6 heteroatoms. The van der Waals surface area contributed by atoms with Crippen LogP contribution in [0.4, 0.5) is 4.79 Å². The molecule has 1 fully saturated rings. The highest BCUT2D eigenvalue weighted by Gasteiger charge is 2.22. The molecule has 0 aromatic rings. The molecule has 1 aliphatic rings. The zero-order valence-corrected chi connectivity index (χ0v) is 11.8. The summed E-state index contributed by atoms with van der Waals surface area (Å²) in [5, 5.41) is 14.5. The third-order valence-corrected chi connectivity index (χ3v) is 4.32. The fourth-order valence-corrected chi connectivity index (χ4v) is 2.97. The van der Waals surface area contributed by atoms with Gasteiger partial charge in [-0.1, -0.05) is 13.8 Å². The number of carboxylic acid groups (broad SMARTS) is 1. The topological polar surface area (TPSA) is 78.4 Å². The number of thioether (sulfide) groups is 1. The third kappa shape index (κ3) is 5.16. The fourth-order valence-electron chi connectivity index (χ4n) is 1.90. The predicted molar refractivity (Wildman–Crippen MR) is 72.8 cm³/mol. The van der Waals surface area contributed by atoms with Gasteiger partial charge in [0.25, 0.3) is 0 Å². The minimum absolute atomic E-state index is 0.00744. The number of rotatable bonds is 5. The van der Waals surface area contributed by atoms with E-state index in [9.17, 15) is 9.59 Å². The van der Waals surface area contributed by atoms with E-state index >= 15 is 0 Å². The van der Waals surface area contributed by atoms with Crippen molar-refractivity contribution in [1.82, 2.24) is 10.6 Å². The second-order valence-corrected chi connectivity index (χ2v) is 6.11. The van der Waals surface area contributed by atoms with Gasteiger partial charge in [0, 0.05) is 18.3 Å². The van der Waals surface area contributed by atoms with Gasteiger partial charge in [-0.2, -0.15) is 11.8 Å². The third-order valence-electron chi connectivity index (χ3n) is 3.10. The fraction of sp³-hybridized carbons (Fsp3) is 0.833. The lowest BCUT2D eigenvalue weighted by molar-refractivity contribution is -0.142. The molecule has 0 spiro atoms. The van der Waals surface area contributed by atoms with Gasteiger partial charge in [-0.25, -0.2) is 4.79 Å². The monoisotopic (exact) mass is 274 g/mol. The maximum atomic E-state index is 11.6. The van der Waals surface area contributed by atoms with Crippen molar-refractivity contribution in [2.24, 2.45) is 11.8 Å². The lowest BCUT2D eigenvalue weighted by Crippen LogP contribution is -2.46. The molecule has 18 heavy (non-hydrogen) atoms. The quantitative estimate of drug-likeness (QED) is 0.710. The summed E-state index contributed by atoms with van der Waals surface area (Å²) in [6, 6.07) is -0.0412. The number of carbonyl (C=O) groups is 2. The molecule has 0 saturated carbocycles. The van der Waals surface area contributed by atoms with Gasteiger partial charge in [-0.05, 0) is 24.5 Å². The number of nitrogens with one attached hydrogen (secondary N) is 2. The summed E-state index contributed by atoms with van der Waals surface area (Å²) in [4.78, 5) is 22.6. The molecule has 1 heterocycles. The van der Waals surface area contributed by atoms with E-state index in [2.05, 4.69) is 10.6 Å². The Labute approximate surface area is 112 Å². The Morgan fingerprint density at radius 1 is 1.44 bits per heavy atom. The number of hydrogen-bond acceptors (Lipinski definition) is 3. The van der Waals surface area contributed by atoms with Crippen LogP contribution in [-0.2, 0) is 4.79 Å². The van der Waals surface area contributed by atoms with E-state index in [4.69, 9.17) is 5.11 Å². The van der Waals surface area contributed by atoms with Crippen LogP contribution in [0.2, 0.25) is 0 Å². The lowest BCUT2D eigenvalue weighted by atomic mass is 9.96. The van der Waals surface area contributed by atoms with E-state index in [0.717, 1.165) is 24.3 Å². The number of amides is 2. The molecule has 104 valence electrons. The average molecular weight is 274 g/mol. The Bertz CT molecular complexity index is 291. The number of carbonyl (C=O) groups excluding carboxylic acids is 1. The highest BCUT2D eigenvalue weighted by molar-refractivity contribution is 7.99. The van der Waals surface area contributed by atoms with Crippen LogP contribution in [-0.4, -0.2) is 41.2 Å². The van der Waals surface area contributed by atoms with Crippen LogP contribution in [0, 0.1) is 11.8 Å². The van der Waals surface area contributed by atoms with Crippen molar-refractivity contribution >= 4 is 23.8 Å². The standard InChI is InChI=1S/C12H22N2O3S/c1-8(2)10(11(15)16)6-13-12(17)14-9-4-3-5-18-7-9/h8-10H,3-7H2,1-2H3,(H,15,16)(H2,13,14,17). The Balaban J connectivity index is 2.28. The van der Waals surface area contributed by atoms with Crippen LogP contribution in [0.25, 0.3) is 0 Å². The Hall–Kier alpha value is -0.910. The van der Waals surface area contributed by atoms with Gasteiger partial charge in [0.15, 0.2) is 0 Å². The smallest absolute Gasteiger partial charge is 0.315 e. The Morgan fingerprint density at radius 3 is 2.67 bits per heavy atom. The van der Waals surface area contributed by atoms with Gasteiger partial charge >= 0.3 is 12.0 Å². The van der Waals surface area contributed by atoms with Crippen molar-refractivity contribution in [2.75, 3.05) is 18.1 Å². The van der Waals surface area contributed by atoms with Crippen molar-refractivity contribution in [3.05, 3.63) is 0 Å². The van der Waals surface area contributed by atoms with Crippen molar-refractivity contribution in [2.45, 2.75) is 32.7 Å². The van der Waals surface area contributed by atoms with E-state index in [1.54, 1.807) is 0 Å². The summed E-state index contributed by atoms with van der Waals surface area (Å²) in [6.45, 7) is 3.87. The lowest BCUT2D eigenvalue weighted by Gasteiger charge is -2.23. The van der Waals surface area contributed by atoms with Crippen LogP contribution in [0.1, 0.15) is 26.7 Å². The first kappa shape index (κ1) is 15.1. The molecule has 3 N–H and O–H groups in total. The highest BCUT2D eigenvalue weighted by atomic mass is 32.2. The Kier molecular flexibility index (Phi) is 6.32. The molecule has 0 bridgehead atoms. The van der Waals surface area contributed by atoms with Crippen LogP contribution in [0.15, 0.2) is 0 Å². The maximum absolute atomic E-state index is 11.6. The van der Waals surface area contributed by atoms with Crippen molar-refractivity contribution < 1.29 is 14.7 Å². The van der Waals surface area contributed by atoms with Gasteiger partial charge in [-0.3, -0.25) is 4.79 Å². The predicted octanol–water partition coefficient (Wildman–Crippen LogP) is 1.54. The molecule has 0 radical (unpaired) electrons. The number of aliphatic carboxylic acids is 1. The average Bonchev–Trinajstić information content (AvgIpc) is 2.29. The van der Waals surface area contributed by atoms with Crippen LogP contribution in [0.5, 0.6) is 0 Å². The first-order valence-corrected chi connectivity index (χ1v) is 7.51.